The summed E-state index contributed by atoms with van der Waals surface area (Å²) in [5.41, 5.74) is 10.5. The topological polar surface area (TPSA) is 43.3 Å². The van der Waals surface area contributed by atoms with Crippen LogP contribution in [-0.4, -0.2) is 15.9 Å². The second-order valence-electron chi connectivity index (χ2n) is 5.03. The van der Waals surface area contributed by atoms with E-state index in [9.17, 15) is 0 Å². The number of aromatic nitrogens is 2. The van der Waals surface area contributed by atoms with Crippen LogP contribution in [0.25, 0.3) is 16.2 Å². The van der Waals surface area contributed by atoms with E-state index in [0.717, 1.165) is 34.1 Å². The number of hydrogen-bond acceptors (Lipinski definition) is 3. The zero-order valence-electron chi connectivity index (χ0n) is 12.2. The van der Waals surface area contributed by atoms with Gasteiger partial charge < -0.3 is 5.73 Å². The van der Waals surface area contributed by atoms with Crippen molar-refractivity contribution in [3.05, 3.63) is 45.6 Å². The summed E-state index contributed by atoms with van der Waals surface area (Å²) < 4.78 is 2.29. The summed E-state index contributed by atoms with van der Waals surface area (Å²) in [6, 6.07) is 7.85. The maximum Gasteiger partial charge on any atom is 0.194 e. The second-order valence-corrected chi connectivity index (χ2v) is 6.65. The molecule has 3 aromatic rings. The van der Waals surface area contributed by atoms with Crippen LogP contribution in [0.2, 0.25) is 5.02 Å². The van der Waals surface area contributed by atoms with Crippen molar-refractivity contribution in [3.8, 4) is 11.3 Å². The Morgan fingerprint density at radius 1 is 1.24 bits per heavy atom. The van der Waals surface area contributed by atoms with Gasteiger partial charge >= 0.3 is 0 Å². The smallest absolute Gasteiger partial charge is 0.194 e. The molecule has 0 aliphatic rings. The first-order valence-electron chi connectivity index (χ1n) is 7.11. The van der Waals surface area contributed by atoms with Crippen LogP contribution in [-0.2, 0) is 12.8 Å². The van der Waals surface area contributed by atoms with Gasteiger partial charge in [-0.1, -0.05) is 30.7 Å². The van der Waals surface area contributed by atoms with Crippen molar-refractivity contribution in [2.75, 3.05) is 6.54 Å². The molecule has 0 amide bonds. The molecule has 0 saturated carbocycles. The third kappa shape index (κ3) is 2.48. The molecule has 3 rings (SSSR count). The lowest BCUT2D eigenvalue weighted by atomic mass is 10.1. The molecule has 1 aromatic carbocycles. The van der Waals surface area contributed by atoms with E-state index in [1.165, 1.54) is 16.3 Å². The zero-order chi connectivity index (χ0) is 15.0. The van der Waals surface area contributed by atoms with Gasteiger partial charge in [-0.15, -0.1) is 11.3 Å². The molecule has 21 heavy (non-hydrogen) atoms. The normalized spacial score (nSPS) is 11.4. The van der Waals surface area contributed by atoms with E-state index in [4.69, 9.17) is 22.3 Å². The van der Waals surface area contributed by atoms with Crippen LogP contribution in [0.3, 0.4) is 0 Å². The molecular weight excluding hydrogens is 302 g/mol. The van der Waals surface area contributed by atoms with Crippen LogP contribution in [0.5, 0.6) is 0 Å². The summed E-state index contributed by atoms with van der Waals surface area (Å²) in [6.07, 6.45) is 1.82. The highest BCUT2D eigenvalue weighted by Crippen LogP contribution is 2.32. The maximum absolute atomic E-state index is 5.98. The van der Waals surface area contributed by atoms with Crippen LogP contribution < -0.4 is 5.73 Å². The Kier molecular flexibility index (Phi) is 4.02. The van der Waals surface area contributed by atoms with Gasteiger partial charge in [-0.05, 0) is 32.0 Å². The van der Waals surface area contributed by atoms with E-state index in [2.05, 4.69) is 18.2 Å². The SMILES string of the molecule is CCc1c(C)sc2nc(-c3ccc(Cl)cc3)c(CCN)n12. The summed E-state index contributed by atoms with van der Waals surface area (Å²) in [5, 5.41) is 0.741. The van der Waals surface area contributed by atoms with E-state index < -0.39 is 0 Å². The number of nitrogens with two attached hydrogens (primary N) is 1. The van der Waals surface area contributed by atoms with Crippen molar-refractivity contribution < 1.29 is 0 Å². The second kappa shape index (κ2) is 5.79. The molecule has 110 valence electrons. The van der Waals surface area contributed by atoms with Crippen molar-refractivity contribution in [1.29, 1.82) is 0 Å². The molecule has 0 spiro atoms. The first-order valence-corrected chi connectivity index (χ1v) is 8.30. The Morgan fingerprint density at radius 3 is 2.57 bits per heavy atom. The van der Waals surface area contributed by atoms with Crippen LogP contribution in [0, 0.1) is 6.92 Å². The van der Waals surface area contributed by atoms with E-state index in [1.807, 2.05) is 24.3 Å². The Bertz CT molecular complexity index is 771. The van der Waals surface area contributed by atoms with E-state index in [0.29, 0.717) is 6.54 Å². The number of imidazole rings is 1. The van der Waals surface area contributed by atoms with Gasteiger partial charge in [0.2, 0.25) is 0 Å². The van der Waals surface area contributed by atoms with Gasteiger partial charge in [-0.3, -0.25) is 4.40 Å². The number of nitrogens with zero attached hydrogens (tertiary/aromatic N) is 2. The standard InChI is InChI=1S/C16H18ClN3S/c1-3-13-10(2)21-16-19-15(14(8-9-18)20(13)16)11-4-6-12(17)7-5-11/h4-7H,3,8-9,18H2,1-2H3. The third-order valence-electron chi connectivity index (χ3n) is 3.70. The van der Waals surface area contributed by atoms with E-state index in [1.54, 1.807) is 11.3 Å². The molecule has 2 heterocycles. The molecule has 0 fully saturated rings. The van der Waals surface area contributed by atoms with Crippen molar-refractivity contribution in [3.63, 3.8) is 0 Å². The third-order valence-corrected chi connectivity index (χ3v) is 4.95. The number of rotatable bonds is 4. The van der Waals surface area contributed by atoms with Crippen LogP contribution in [0.4, 0.5) is 0 Å². The van der Waals surface area contributed by atoms with Gasteiger partial charge in [0.25, 0.3) is 0 Å². The molecule has 3 nitrogen and oxygen atoms in total. The molecule has 0 aliphatic heterocycles. The molecule has 0 saturated heterocycles. The number of benzene rings is 1. The Balaban J connectivity index is 2.25. The van der Waals surface area contributed by atoms with Gasteiger partial charge in [0.1, 0.15) is 0 Å². The fraction of sp³-hybridized carbons (Fsp3) is 0.312. The minimum Gasteiger partial charge on any atom is -0.330 e. The fourth-order valence-corrected chi connectivity index (χ4v) is 3.95. The maximum atomic E-state index is 5.98. The lowest BCUT2D eigenvalue weighted by molar-refractivity contribution is 0.873. The monoisotopic (exact) mass is 319 g/mol. The van der Waals surface area contributed by atoms with Gasteiger partial charge in [0.15, 0.2) is 4.96 Å². The number of fused-ring (bicyclic) bond motifs is 1. The minimum absolute atomic E-state index is 0.617. The van der Waals surface area contributed by atoms with Gasteiger partial charge in [0.05, 0.1) is 11.4 Å². The number of halogens is 1. The zero-order valence-corrected chi connectivity index (χ0v) is 13.8. The number of aryl methyl sites for hydroxylation is 2. The Morgan fingerprint density at radius 2 is 1.95 bits per heavy atom. The summed E-state index contributed by atoms with van der Waals surface area (Å²) in [6.45, 7) is 4.96. The van der Waals surface area contributed by atoms with Gasteiger partial charge in [-0.25, -0.2) is 4.98 Å². The average molecular weight is 320 g/mol. The van der Waals surface area contributed by atoms with E-state index >= 15 is 0 Å². The quantitative estimate of drug-likeness (QED) is 0.787. The van der Waals surface area contributed by atoms with E-state index in [-0.39, 0.29) is 0 Å². The summed E-state index contributed by atoms with van der Waals surface area (Å²) in [4.78, 5) is 7.23. The highest BCUT2D eigenvalue weighted by atomic mass is 35.5. The minimum atomic E-state index is 0.617. The summed E-state index contributed by atoms with van der Waals surface area (Å²) >= 11 is 7.73. The van der Waals surface area contributed by atoms with Gasteiger partial charge in [-0.2, -0.15) is 0 Å². The lowest BCUT2D eigenvalue weighted by Gasteiger charge is -2.06. The molecule has 5 heteroatoms. The highest BCUT2D eigenvalue weighted by molar-refractivity contribution is 7.17. The van der Waals surface area contributed by atoms with Gasteiger partial charge in [0, 0.05) is 27.6 Å². The predicted molar refractivity (Wildman–Crippen MR) is 90.4 cm³/mol. The van der Waals surface area contributed by atoms with Crippen molar-refractivity contribution >= 4 is 27.9 Å². The molecule has 0 unspecified atom stereocenters. The van der Waals surface area contributed by atoms with Crippen molar-refractivity contribution in [2.24, 2.45) is 5.73 Å². The first kappa shape index (κ1) is 14.6. The molecule has 0 radical (unpaired) electrons. The molecule has 0 aliphatic carbocycles. The largest absolute Gasteiger partial charge is 0.330 e. The summed E-state index contributed by atoms with van der Waals surface area (Å²) in [7, 11) is 0. The van der Waals surface area contributed by atoms with Crippen molar-refractivity contribution in [2.45, 2.75) is 26.7 Å². The molecular formula is C16H18ClN3S. The molecule has 0 atom stereocenters. The van der Waals surface area contributed by atoms with Crippen LogP contribution >= 0.6 is 22.9 Å². The molecule has 0 bridgehead atoms. The fourth-order valence-electron chi connectivity index (χ4n) is 2.74. The number of hydrogen-bond donors (Lipinski definition) is 1. The lowest BCUT2D eigenvalue weighted by Crippen LogP contribution is -2.07. The first-order chi connectivity index (χ1) is 10.2. The summed E-state index contributed by atoms with van der Waals surface area (Å²) in [5.74, 6) is 0. The molecule has 2 N–H and O–H groups in total. The highest BCUT2D eigenvalue weighted by Gasteiger charge is 2.18. The van der Waals surface area contributed by atoms with Crippen LogP contribution in [0.15, 0.2) is 24.3 Å². The number of thiazole rings is 1. The predicted octanol–water partition coefficient (Wildman–Crippen LogP) is 4.09. The molecule has 2 aromatic heterocycles. The van der Waals surface area contributed by atoms with Crippen molar-refractivity contribution in [1.82, 2.24) is 9.38 Å². The Hall–Kier alpha value is -1.36. The average Bonchev–Trinajstić information content (AvgIpc) is 2.96. The van der Waals surface area contributed by atoms with Crippen LogP contribution in [0.1, 0.15) is 23.2 Å². The Labute approximate surface area is 133 Å².